The third-order valence-corrected chi connectivity index (χ3v) is 3.82. The number of carboxylic acids is 1. The normalized spacial score (nSPS) is 13.0. The summed E-state index contributed by atoms with van der Waals surface area (Å²) in [4.78, 5) is 20.6. The molecule has 1 amide bonds. The Morgan fingerprint density at radius 1 is 1.26 bits per heavy atom. The molecule has 3 rings (SSSR count). The molecular formula is C17H15F3N4O3. The summed E-state index contributed by atoms with van der Waals surface area (Å²) in [6, 6.07) is 11.8. The van der Waals surface area contributed by atoms with Crippen LogP contribution in [0.25, 0.3) is 11.3 Å². The molecule has 4 N–H and O–H groups in total. The third kappa shape index (κ3) is 4.27. The van der Waals surface area contributed by atoms with Gasteiger partial charge in [0.15, 0.2) is 0 Å². The summed E-state index contributed by atoms with van der Waals surface area (Å²) in [5, 5.41) is 19.8. The zero-order chi connectivity index (χ0) is 20.2. The minimum atomic E-state index is -5.08. The van der Waals surface area contributed by atoms with Gasteiger partial charge in [0.05, 0.1) is 16.8 Å². The molecule has 0 saturated heterocycles. The number of primary amides is 1. The molecule has 0 fully saturated rings. The van der Waals surface area contributed by atoms with E-state index in [2.05, 4.69) is 11.4 Å². The van der Waals surface area contributed by atoms with Crippen molar-refractivity contribution >= 4 is 11.9 Å². The van der Waals surface area contributed by atoms with E-state index in [1.165, 1.54) is 0 Å². The quantitative estimate of drug-likeness (QED) is 0.734. The van der Waals surface area contributed by atoms with Gasteiger partial charge in [0.2, 0.25) is 0 Å². The summed E-state index contributed by atoms with van der Waals surface area (Å²) < 4.78 is 33.8. The van der Waals surface area contributed by atoms with Crippen molar-refractivity contribution in [1.82, 2.24) is 9.88 Å². The van der Waals surface area contributed by atoms with Gasteiger partial charge >= 0.3 is 12.1 Å². The summed E-state index contributed by atoms with van der Waals surface area (Å²) in [7, 11) is 0. The fourth-order valence-electron chi connectivity index (χ4n) is 2.77. The number of aliphatic carboxylic acids is 1. The van der Waals surface area contributed by atoms with Gasteiger partial charge in [0, 0.05) is 25.3 Å². The number of nitrogens with two attached hydrogens (primary N) is 1. The number of nitrogens with zero attached hydrogens (tertiary/aromatic N) is 2. The van der Waals surface area contributed by atoms with Crippen molar-refractivity contribution in [3.05, 3.63) is 47.2 Å². The predicted molar refractivity (Wildman–Crippen MR) is 88.5 cm³/mol. The smallest absolute Gasteiger partial charge is 0.475 e. The zero-order valence-corrected chi connectivity index (χ0v) is 13.9. The molecule has 0 saturated carbocycles. The fourth-order valence-corrected chi connectivity index (χ4v) is 2.77. The van der Waals surface area contributed by atoms with Crippen molar-refractivity contribution in [2.24, 2.45) is 5.73 Å². The van der Waals surface area contributed by atoms with Crippen LogP contribution in [-0.2, 0) is 17.9 Å². The monoisotopic (exact) mass is 380 g/mol. The Morgan fingerprint density at radius 3 is 2.33 bits per heavy atom. The van der Waals surface area contributed by atoms with E-state index in [9.17, 15) is 23.2 Å². The van der Waals surface area contributed by atoms with Crippen LogP contribution in [0.3, 0.4) is 0 Å². The van der Waals surface area contributed by atoms with E-state index < -0.39 is 18.1 Å². The molecule has 1 aromatic carbocycles. The number of amides is 1. The Balaban J connectivity index is 0.000000321. The summed E-state index contributed by atoms with van der Waals surface area (Å²) in [5.74, 6) is -3.30. The van der Waals surface area contributed by atoms with E-state index in [0.29, 0.717) is 17.7 Å². The second-order valence-electron chi connectivity index (χ2n) is 5.52. The lowest BCUT2D eigenvalue weighted by Crippen LogP contribution is -2.30. The second-order valence-corrected chi connectivity index (χ2v) is 5.52. The number of fused-ring (bicyclic) bond motifs is 1. The maximum atomic E-state index is 11.7. The molecule has 27 heavy (non-hydrogen) atoms. The van der Waals surface area contributed by atoms with Crippen LogP contribution in [-0.4, -0.2) is 34.3 Å². The minimum absolute atomic E-state index is 0.346. The van der Waals surface area contributed by atoms with E-state index >= 15 is 0 Å². The van der Waals surface area contributed by atoms with Crippen LogP contribution in [0.15, 0.2) is 30.3 Å². The Kier molecular flexibility index (Phi) is 5.87. The minimum Gasteiger partial charge on any atom is -0.475 e. The van der Waals surface area contributed by atoms with Gasteiger partial charge in [-0.2, -0.15) is 18.4 Å². The number of halogens is 3. The molecular weight excluding hydrogens is 365 g/mol. The number of carbonyl (C=O) groups is 2. The first-order valence-electron chi connectivity index (χ1n) is 7.70. The lowest BCUT2D eigenvalue weighted by molar-refractivity contribution is -0.192. The average molecular weight is 380 g/mol. The number of carbonyl (C=O) groups excluding carboxylic acids is 1. The maximum absolute atomic E-state index is 11.7. The van der Waals surface area contributed by atoms with Gasteiger partial charge in [0.25, 0.3) is 5.91 Å². The number of rotatable bonds is 2. The molecule has 0 unspecified atom stereocenters. The molecule has 0 spiro atoms. The fraction of sp³-hybridized carbons (Fsp3) is 0.235. The van der Waals surface area contributed by atoms with Gasteiger partial charge in [-0.15, -0.1) is 0 Å². The lowest BCUT2D eigenvalue weighted by Gasteiger charge is -2.19. The van der Waals surface area contributed by atoms with Crippen LogP contribution >= 0.6 is 0 Å². The SMILES string of the molecule is N#Cc1c(C(N)=O)c2n(c1-c1ccccc1)CCNC2.O=C(O)C(F)(F)F. The Hall–Kier alpha value is -3.32. The van der Waals surface area contributed by atoms with Crippen molar-refractivity contribution in [3.63, 3.8) is 0 Å². The average Bonchev–Trinajstić information content (AvgIpc) is 2.96. The van der Waals surface area contributed by atoms with E-state index in [1.807, 2.05) is 34.9 Å². The van der Waals surface area contributed by atoms with E-state index in [-0.39, 0.29) is 0 Å². The van der Waals surface area contributed by atoms with Crippen LogP contribution < -0.4 is 11.1 Å². The third-order valence-electron chi connectivity index (χ3n) is 3.82. The largest absolute Gasteiger partial charge is 0.490 e. The van der Waals surface area contributed by atoms with Crippen molar-refractivity contribution in [1.29, 1.82) is 5.26 Å². The number of nitriles is 1. The van der Waals surface area contributed by atoms with Crippen LogP contribution in [0.2, 0.25) is 0 Å². The molecule has 2 aromatic rings. The van der Waals surface area contributed by atoms with Gasteiger partial charge in [-0.05, 0) is 5.56 Å². The Morgan fingerprint density at radius 2 is 1.85 bits per heavy atom. The summed E-state index contributed by atoms with van der Waals surface area (Å²) in [6.45, 7) is 2.09. The molecule has 2 heterocycles. The number of hydrogen-bond donors (Lipinski definition) is 3. The van der Waals surface area contributed by atoms with Gasteiger partial charge in [-0.1, -0.05) is 30.3 Å². The van der Waals surface area contributed by atoms with E-state index in [4.69, 9.17) is 15.6 Å². The highest BCUT2D eigenvalue weighted by Gasteiger charge is 2.38. The standard InChI is InChI=1S/C15H14N4O.C2HF3O2/c16-8-11-13(15(17)20)12-9-18-6-7-19(12)14(11)10-4-2-1-3-5-10;3-2(4,5)1(6)7/h1-5,18H,6-7,9H2,(H2,17,20);(H,6,7). The topological polar surface area (TPSA) is 121 Å². The number of benzene rings is 1. The first-order chi connectivity index (χ1) is 12.7. The number of aromatic nitrogens is 1. The molecule has 1 aliphatic rings. The summed E-state index contributed by atoms with van der Waals surface area (Å²) in [5.41, 5.74) is 8.72. The predicted octanol–water partition coefficient (Wildman–Crippen LogP) is 1.86. The number of hydrogen-bond acceptors (Lipinski definition) is 4. The Labute approximate surface area is 151 Å². The van der Waals surface area contributed by atoms with Gasteiger partial charge in [-0.25, -0.2) is 4.79 Å². The van der Waals surface area contributed by atoms with Crippen LogP contribution in [0.1, 0.15) is 21.6 Å². The molecule has 142 valence electrons. The van der Waals surface area contributed by atoms with Gasteiger partial charge in [0.1, 0.15) is 6.07 Å². The lowest BCUT2D eigenvalue weighted by atomic mass is 10.0. The van der Waals surface area contributed by atoms with E-state index in [1.54, 1.807) is 0 Å². The number of nitrogens with one attached hydrogen (secondary N) is 1. The highest BCUT2D eigenvalue weighted by atomic mass is 19.4. The van der Waals surface area contributed by atoms with E-state index in [0.717, 1.165) is 30.0 Å². The van der Waals surface area contributed by atoms with Crippen molar-refractivity contribution < 1.29 is 27.9 Å². The first kappa shape index (κ1) is 20.0. The molecule has 1 aromatic heterocycles. The van der Waals surface area contributed by atoms with Crippen LogP contribution in [0.4, 0.5) is 13.2 Å². The highest BCUT2D eigenvalue weighted by Crippen LogP contribution is 2.32. The maximum Gasteiger partial charge on any atom is 0.490 e. The first-order valence-corrected chi connectivity index (χ1v) is 7.70. The van der Waals surface area contributed by atoms with Crippen molar-refractivity contribution in [2.45, 2.75) is 19.3 Å². The Bertz CT molecular complexity index is 899. The zero-order valence-electron chi connectivity index (χ0n) is 13.9. The summed E-state index contributed by atoms with van der Waals surface area (Å²) >= 11 is 0. The molecule has 7 nitrogen and oxygen atoms in total. The van der Waals surface area contributed by atoms with Gasteiger partial charge < -0.3 is 20.7 Å². The van der Waals surface area contributed by atoms with Gasteiger partial charge in [-0.3, -0.25) is 4.79 Å². The molecule has 0 radical (unpaired) electrons. The molecule has 0 bridgehead atoms. The van der Waals surface area contributed by atoms with Crippen LogP contribution in [0, 0.1) is 11.3 Å². The van der Waals surface area contributed by atoms with Crippen molar-refractivity contribution in [2.75, 3.05) is 6.54 Å². The molecule has 10 heteroatoms. The molecule has 0 atom stereocenters. The molecule has 0 aliphatic carbocycles. The van der Waals surface area contributed by atoms with Crippen LogP contribution in [0.5, 0.6) is 0 Å². The highest BCUT2D eigenvalue weighted by molar-refractivity contribution is 5.99. The summed E-state index contributed by atoms with van der Waals surface area (Å²) in [6.07, 6.45) is -5.08. The number of carboxylic acid groups (broad SMARTS) is 1. The second kappa shape index (κ2) is 7.92. The van der Waals surface area contributed by atoms with Crippen molar-refractivity contribution in [3.8, 4) is 17.3 Å². The molecule has 1 aliphatic heterocycles. The number of alkyl halides is 3.